The van der Waals surface area contributed by atoms with Crippen LogP contribution in [0.5, 0.6) is 0 Å². The second-order valence-corrected chi connectivity index (χ2v) is 5.61. The van der Waals surface area contributed by atoms with E-state index >= 15 is 0 Å². The summed E-state index contributed by atoms with van der Waals surface area (Å²) in [5.74, 6) is 0.0809. The fourth-order valence-electron chi connectivity index (χ4n) is 2.67. The van der Waals surface area contributed by atoms with E-state index in [0.717, 1.165) is 30.1 Å². The zero-order valence-corrected chi connectivity index (χ0v) is 13.7. The molecule has 3 aromatic rings. The Labute approximate surface area is 143 Å². The van der Waals surface area contributed by atoms with Crippen molar-refractivity contribution in [2.24, 2.45) is 0 Å². The van der Waals surface area contributed by atoms with E-state index in [-0.39, 0.29) is 0 Å². The van der Waals surface area contributed by atoms with Gasteiger partial charge in [-0.1, -0.05) is 13.0 Å². The number of hydrogen-bond acceptors (Lipinski definition) is 3. The third-order valence-electron chi connectivity index (χ3n) is 4.00. The van der Waals surface area contributed by atoms with E-state index in [4.69, 9.17) is 0 Å². The van der Waals surface area contributed by atoms with Gasteiger partial charge in [0.05, 0.1) is 17.5 Å². The van der Waals surface area contributed by atoms with Gasteiger partial charge in [0.2, 0.25) is 0 Å². The second kappa shape index (κ2) is 7.46. The molecule has 0 radical (unpaired) electrons. The van der Waals surface area contributed by atoms with Crippen LogP contribution in [0.15, 0.2) is 42.9 Å². The lowest BCUT2D eigenvalue weighted by Crippen LogP contribution is -2.06. The number of nitrogens with zero attached hydrogens (tertiary/aromatic N) is 4. The van der Waals surface area contributed by atoms with E-state index in [1.54, 1.807) is 12.3 Å². The summed E-state index contributed by atoms with van der Waals surface area (Å²) in [5, 5.41) is 8.03. The highest BCUT2D eigenvalue weighted by atomic mass is 19.3. The van der Waals surface area contributed by atoms with Crippen molar-refractivity contribution >= 4 is 0 Å². The minimum Gasteiger partial charge on any atom is -0.335 e. The number of halogens is 3. The van der Waals surface area contributed by atoms with Crippen LogP contribution in [0.25, 0.3) is 11.1 Å². The summed E-state index contributed by atoms with van der Waals surface area (Å²) in [4.78, 5) is 4.27. The molecule has 0 saturated carbocycles. The van der Waals surface area contributed by atoms with Crippen LogP contribution >= 0.6 is 0 Å². The molecule has 7 heteroatoms. The fraction of sp³-hybridized carbons (Fsp3) is 0.278. The molecular weight excluding hydrogens is 329 g/mol. The molecule has 0 aliphatic rings. The highest BCUT2D eigenvalue weighted by molar-refractivity contribution is 5.63. The molecule has 0 aliphatic carbocycles. The van der Waals surface area contributed by atoms with Crippen molar-refractivity contribution in [2.75, 3.05) is 0 Å². The van der Waals surface area contributed by atoms with Crippen molar-refractivity contribution in [1.29, 1.82) is 0 Å². The molecule has 0 saturated heterocycles. The van der Waals surface area contributed by atoms with Crippen LogP contribution in [-0.4, -0.2) is 19.7 Å². The van der Waals surface area contributed by atoms with Crippen LogP contribution < -0.4 is 0 Å². The van der Waals surface area contributed by atoms with Crippen molar-refractivity contribution in [3.63, 3.8) is 0 Å². The number of aromatic nitrogens is 4. The van der Waals surface area contributed by atoms with E-state index in [9.17, 15) is 13.2 Å². The summed E-state index contributed by atoms with van der Waals surface area (Å²) in [5.41, 5.74) is 1.25. The summed E-state index contributed by atoms with van der Waals surface area (Å²) in [7, 11) is 0. The van der Waals surface area contributed by atoms with Crippen LogP contribution in [-0.2, 0) is 19.4 Å². The van der Waals surface area contributed by atoms with E-state index < -0.39 is 17.8 Å². The molecule has 0 amide bonds. The average molecular weight is 346 g/mol. The zero-order chi connectivity index (χ0) is 17.8. The summed E-state index contributed by atoms with van der Waals surface area (Å²) in [6.45, 7) is 2.74. The number of hydrogen-bond donors (Lipinski definition) is 0. The number of aryl methyl sites for hydroxylation is 3. The minimum absolute atomic E-state index is 0.490. The monoisotopic (exact) mass is 346 g/mol. The van der Waals surface area contributed by atoms with Crippen molar-refractivity contribution in [1.82, 2.24) is 19.7 Å². The Balaban J connectivity index is 1.81. The van der Waals surface area contributed by atoms with Gasteiger partial charge in [0.25, 0.3) is 6.43 Å². The molecule has 0 atom stereocenters. The third-order valence-corrected chi connectivity index (χ3v) is 4.00. The third kappa shape index (κ3) is 3.87. The number of imidazole rings is 1. The first-order chi connectivity index (χ1) is 12.1. The lowest BCUT2D eigenvalue weighted by Gasteiger charge is -2.08. The number of benzene rings is 1. The van der Waals surface area contributed by atoms with Crippen molar-refractivity contribution < 1.29 is 13.2 Å². The van der Waals surface area contributed by atoms with Gasteiger partial charge in [-0.15, -0.1) is 0 Å². The molecular formula is C18H17F3N4. The summed E-state index contributed by atoms with van der Waals surface area (Å²) in [6, 6.07) is 5.47. The Morgan fingerprint density at radius 2 is 2.00 bits per heavy atom. The normalized spacial score (nSPS) is 11.2. The van der Waals surface area contributed by atoms with Gasteiger partial charge in [0.15, 0.2) is 0 Å². The van der Waals surface area contributed by atoms with Crippen LogP contribution in [0.2, 0.25) is 0 Å². The van der Waals surface area contributed by atoms with Gasteiger partial charge >= 0.3 is 0 Å². The zero-order valence-electron chi connectivity index (χ0n) is 13.7. The van der Waals surface area contributed by atoms with Gasteiger partial charge in [-0.05, 0) is 23.8 Å². The Kier molecular flexibility index (Phi) is 5.11. The SMILES string of the molecule is CCc1nccn1CCc1cc(-c2ccc(F)c(C(F)F)c2)cnn1. The van der Waals surface area contributed by atoms with Gasteiger partial charge < -0.3 is 4.57 Å². The van der Waals surface area contributed by atoms with Gasteiger partial charge in [0.1, 0.15) is 11.6 Å². The Hall–Kier alpha value is -2.70. The van der Waals surface area contributed by atoms with Gasteiger partial charge in [0, 0.05) is 37.3 Å². The molecule has 0 bridgehead atoms. The van der Waals surface area contributed by atoms with E-state index in [1.165, 1.54) is 12.3 Å². The van der Waals surface area contributed by atoms with E-state index in [2.05, 4.69) is 15.2 Å². The van der Waals surface area contributed by atoms with Crippen LogP contribution in [0.3, 0.4) is 0 Å². The predicted molar refractivity (Wildman–Crippen MR) is 87.7 cm³/mol. The molecule has 4 nitrogen and oxygen atoms in total. The maximum atomic E-state index is 13.4. The molecule has 2 heterocycles. The first-order valence-electron chi connectivity index (χ1n) is 7.98. The fourth-order valence-corrected chi connectivity index (χ4v) is 2.67. The molecule has 1 aromatic carbocycles. The first-order valence-corrected chi connectivity index (χ1v) is 7.98. The summed E-state index contributed by atoms with van der Waals surface area (Å²) in [6.07, 6.45) is 3.76. The molecule has 0 aliphatic heterocycles. The molecule has 130 valence electrons. The maximum Gasteiger partial charge on any atom is 0.266 e. The highest BCUT2D eigenvalue weighted by Gasteiger charge is 2.14. The Morgan fingerprint density at radius 3 is 2.76 bits per heavy atom. The van der Waals surface area contributed by atoms with Crippen LogP contribution in [0.1, 0.15) is 30.4 Å². The van der Waals surface area contributed by atoms with Gasteiger partial charge in [-0.2, -0.15) is 10.2 Å². The van der Waals surface area contributed by atoms with Crippen molar-refractivity contribution in [2.45, 2.75) is 32.7 Å². The molecule has 25 heavy (non-hydrogen) atoms. The maximum absolute atomic E-state index is 13.4. The average Bonchev–Trinajstić information content (AvgIpc) is 3.08. The second-order valence-electron chi connectivity index (χ2n) is 5.61. The van der Waals surface area contributed by atoms with E-state index in [0.29, 0.717) is 24.1 Å². The topological polar surface area (TPSA) is 43.6 Å². The van der Waals surface area contributed by atoms with Crippen molar-refractivity contribution in [3.8, 4) is 11.1 Å². The highest BCUT2D eigenvalue weighted by Crippen LogP contribution is 2.28. The Bertz CT molecular complexity index is 861. The smallest absolute Gasteiger partial charge is 0.266 e. The van der Waals surface area contributed by atoms with Crippen LogP contribution in [0.4, 0.5) is 13.2 Å². The molecule has 2 aromatic heterocycles. The first kappa shape index (κ1) is 17.1. The lowest BCUT2D eigenvalue weighted by molar-refractivity contribution is 0.146. The number of alkyl halides is 2. The van der Waals surface area contributed by atoms with Gasteiger partial charge in [-0.3, -0.25) is 0 Å². The standard InChI is InChI=1S/C18H17F3N4/c1-2-17-22-6-8-25(17)7-5-14-9-13(11-23-24-14)12-3-4-16(19)15(10-12)18(20)21/h3-4,6,8-11,18H,2,5,7H2,1H3. The molecule has 0 spiro atoms. The largest absolute Gasteiger partial charge is 0.335 e. The Morgan fingerprint density at radius 1 is 1.16 bits per heavy atom. The summed E-state index contributed by atoms with van der Waals surface area (Å²) >= 11 is 0. The molecule has 0 N–H and O–H groups in total. The van der Waals surface area contributed by atoms with Gasteiger partial charge in [-0.25, -0.2) is 18.2 Å². The van der Waals surface area contributed by atoms with Crippen LogP contribution in [0, 0.1) is 5.82 Å². The number of rotatable bonds is 6. The quantitative estimate of drug-likeness (QED) is 0.671. The minimum atomic E-state index is -2.86. The van der Waals surface area contributed by atoms with Crippen molar-refractivity contribution in [3.05, 3.63) is 65.8 Å². The molecule has 0 fully saturated rings. The molecule has 3 rings (SSSR count). The lowest BCUT2D eigenvalue weighted by atomic mass is 10.0. The predicted octanol–water partition coefficient (Wildman–Crippen LogP) is 4.22. The molecule has 0 unspecified atom stereocenters. The van der Waals surface area contributed by atoms with E-state index in [1.807, 2.05) is 17.7 Å². The summed E-state index contributed by atoms with van der Waals surface area (Å²) < 4.78 is 41.2.